The number of ether oxygens (including phenoxy) is 2. The summed E-state index contributed by atoms with van der Waals surface area (Å²) < 4.78 is 9.62. The first-order valence-electron chi connectivity index (χ1n) is 4.51. The highest BCUT2D eigenvalue weighted by Crippen LogP contribution is 2.06. The summed E-state index contributed by atoms with van der Waals surface area (Å²) in [6.45, 7) is 2.17. The van der Waals surface area contributed by atoms with E-state index in [0.29, 0.717) is 18.3 Å². The molecule has 0 aliphatic heterocycles. The third-order valence-electron chi connectivity index (χ3n) is 1.56. The zero-order chi connectivity index (χ0) is 11.1. The molecule has 1 N–H and O–H groups in total. The van der Waals surface area contributed by atoms with Gasteiger partial charge < -0.3 is 14.8 Å². The Morgan fingerprint density at radius 1 is 1.47 bits per heavy atom. The van der Waals surface area contributed by atoms with E-state index in [1.54, 1.807) is 6.92 Å². The van der Waals surface area contributed by atoms with Crippen LogP contribution in [0.15, 0.2) is 12.4 Å². The second-order valence-electron chi connectivity index (χ2n) is 2.61. The lowest BCUT2D eigenvalue weighted by atomic mass is 10.6. The first kappa shape index (κ1) is 11.2. The van der Waals surface area contributed by atoms with Gasteiger partial charge in [0.2, 0.25) is 5.95 Å². The predicted octanol–water partition coefficient (Wildman–Crippen LogP) is 0.460. The molecule has 82 valence electrons. The van der Waals surface area contributed by atoms with Crippen LogP contribution in [0.2, 0.25) is 0 Å². The number of rotatable bonds is 5. The lowest BCUT2D eigenvalue weighted by Crippen LogP contribution is -2.17. The Kier molecular flexibility index (Phi) is 4.33. The number of carbonyl (C=O) groups excluding carboxylic acids is 1. The average Bonchev–Trinajstić information content (AvgIpc) is 2.27. The van der Waals surface area contributed by atoms with E-state index < -0.39 is 0 Å². The second-order valence-corrected chi connectivity index (χ2v) is 2.61. The van der Waals surface area contributed by atoms with Gasteiger partial charge in [0, 0.05) is 0 Å². The largest absolute Gasteiger partial charge is 0.494 e. The average molecular weight is 211 g/mol. The maximum Gasteiger partial charge on any atom is 0.325 e. The summed E-state index contributed by atoms with van der Waals surface area (Å²) in [6, 6.07) is 0. The van der Waals surface area contributed by atoms with E-state index in [1.807, 2.05) is 0 Å². The van der Waals surface area contributed by atoms with Crippen LogP contribution in [0.5, 0.6) is 5.75 Å². The van der Waals surface area contributed by atoms with Crippen LogP contribution >= 0.6 is 0 Å². The number of nitrogens with zero attached hydrogens (tertiary/aromatic N) is 2. The van der Waals surface area contributed by atoms with Crippen LogP contribution in [0.4, 0.5) is 5.95 Å². The van der Waals surface area contributed by atoms with Crippen molar-refractivity contribution in [2.45, 2.75) is 6.92 Å². The zero-order valence-electron chi connectivity index (χ0n) is 8.69. The van der Waals surface area contributed by atoms with Crippen LogP contribution in [0.3, 0.4) is 0 Å². The summed E-state index contributed by atoms with van der Waals surface area (Å²) in [7, 11) is 1.53. The van der Waals surface area contributed by atoms with Gasteiger partial charge in [0.15, 0.2) is 5.75 Å². The minimum Gasteiger partial charge on any atom is -0.494 e. The fourth-order valence-corrected chi connectivity index (χ4v) is 0.876. The van der Waals surface area contributed by atoms with Crippen molar-refractivity contribution in [2.75, 3.05) is 25.6 Å². The molecule has 1 rings (SSSR count). The number of nitrogens with one attached hydrogen (secondary N) is 1. The molecule has 6 nitrogen and oxygen atoms in total. The topological polar surface area (TPSA) is 73.3 Å². The Morgan fingerprint density at radius 3 is 2.67 bits per heavy atom. The summed E-state index contributed by atoms with van der Waals surface area (Å²) in [5.41, 5.74) is 0. The normalized spacial score (nSPS) is 9.47. The molecule has 1 aromatic rings. The van der Waals surface area contributed by atoms with Crippen molar-refractivity contribution in [1.82, 2.24) is 9.97 Å². The van der Waals surface area contributed by atoms with Crippen molar-refractivity contribution in [2.24, 2.45) is 0 Å². The summed E-state index contributed by atoms with van der Waals surface area (Å²) in [5.74, 6) is 0.595. The van der Waals surface area contributed by atoms with Gasteiger partial charge in [-0.3, -0.25) is 4.79 Å². The lowest BCUT2D eigenvalue weighted by Gasteiger charge is -2.04. The van der Waals surface area contributed by atoms with E-state index in [4.69, 9.17) is 9.47 Å². The maximum atomic E-state index is 11.0. The standard InChI is InChI=1S/C9H13N3O3/c1-3-15-8(13)6-12-9-10-4-7(14-2)5-11-9/h4-5H,3,6H2,1-2H3,(H,10,11,12). The summed E-state index contributed by atoms with van der Waals surface area (Å²) in [6.07, 6.45) is 3.03. The van der Waals surface area contributed by atoms with Crippen molar-refractivity contribution >= 4 is 11.9 Å². The molecule has 0 bridgehead atoms. The monoisotopic (exact) mass is 211 g/mol. The molecule has 0 aliphatic rings. The fourth-order valence-electron chi connectivity index (χ4n) is 0.876. The Morgan fingerprint density at radius 2 is 2.13 bits per heavy atom. The van der Waals surface area contributed by atoms with Gasteiger partial charge in [-0.1, -0.05) is 0 Å². The number of hydrogen-bond acceptors (Lipinski definition) is 6. The molecule has 0 fully saturated rings. The molecule has 1 heterocycles. The number of esters is 1. The van der Waals surface area contributed by atoms with Gasteiger partial charge in [-0.15, -0.1) is 0 Å². The predicted molar refractivity (Wildman–Crippen MR) is 53.7 cm³/mol. The van der Waals surface area contributed by atoms with Gasteiger partial charge in [0.1, 0.15) is 6.54 Å². The summed E-state index contributed by atoms with van der Waals surface area (Å²) in [5, 5.41) is 2.73. The summed E-state index contributed by atoms with van der Waals surface area (Å²) in [4.78, 5) is 18.8. The van der Waals surface area contributed by atoms with E-state index in [-0.39, 0.29) is 12.5 Å². The van der Waals surface area contributed by atoms with E-state index in [0.717, 1.165) is 0 Å². The Bertz CT molecular complexity index is 313. The molecular weight excluding hydrogens is 198 g/mol. The minimum atomic E-state index is -0.336. The molecule has 0 spiro atoms. The van der Waals surface area contributed by atoms with Crippen molar-refractivity contribution < 1.29 is 14.3 Å². The fraction of sp³-hybridized carbons (Fsp3) is 0.444. The van der Waals surface area contributed by atoms with Gasteiger partial charge in [-0.05, 0) is 6.92 Å². The molecule has 6 heteroatoms. The van der Waals surface area contributed by atoms with Crippen molar-refractivity contribution in [3.63, 3.8) is 0 Å². The van der Waals surface area contributed by atoms with Crippen LogP contribution in [0, 0.1) is 0 Å². The summed E-state index contributed by atoms with van der Waals surface area (Å²) >= 11 is 0. The van der Waals surface area contributed by atoms with E-state index in [2.05, 4.69) is 15.3 Å². The van der Waals surface area contributed by atoms with Gasteiger partial charge >= 0.3 is 5.97 Å². The van der Waals surface area contributed by atoms with Crippen molar-refractivity contribution in [3.05, 3.63) is 12.4 Å². The number of carbonyl (C=O) groups is 1. The molecule has 0 amide bonds. The quantitative estimate of drug-likeness (QED) is 0.713. The molecule has 0 unspecified atom stereocenters. The smallest absolute Gasteiger partial charge is 0.325 e. The highest BCUT2D eigenvalue weighted by Gasteiger charge is 2.02. The highest BCUT2D eigenvalue weighted by atomic mass is 16.5. The Balaban J connectivity index is 2.40. The van der Waals surface area contributed by atoms with Crippen LogP contribution in [-0.4, -0.2) is 36.2 Å². The van der Waals surface area contributed by atoms with Crippen LogP contribution in [0.1, 0.15) is 6.92 Å². The SMILES string of the molecule is CCOC(=O)CNc1ncc(OC)cn1. The first-order valence-corrected chi connectivity index (χ1v) is 4.51. The van der Waals surface area contributed by atoms with E-state index in [1.165, 1.54) is 19.5 Å². The Hall–Kier alpha value is -1.85. The van der Waals surface area contributed by atoms with Gasteiger partial charge in [-0.25, -0.2) is 9.97 Å². The van der Waals surface area contributed by atoms with Crippen molar-refractivity contribution in [1.29, 1.82) is 0 Å². The van der Waals surface area contributed by atoms with Crippen LogP contribution in [0.25, 0.3) is 0 Å². The molecule has 0 saturated carbocycles. The number of aromatic nitrogens is 2. The zero-order valence-corrected chi connectivity index (χ0v) is 8.69. The number of methoxy groups -OCH3 is 1. The maximum absolute atomic E-state index is 11.0. The number of anilines is 1. The van der Waals surface area contributed by atoms with Gasteiger partial charge in [0.05, 0.1) is 26.1 Å². The van der Waals surface area contributed by atoms with E-state index >= 15 is 0 Å². The molecule has 0 aromatic carbocycles. The number of hydrogen-bond donors (Lipinski definition) is 1. The molecular formula is C9H13N3O3. The van der Waals surface area contributed by atoms with Crippen molar-refractivity contribution in [3.8, 4) is 5.75 Å². The molecule has 1 aromatic heterocycles. The van der Waals surface area contributed by atoms with Crippen LogP contribution in [-0.2, 0) is 9.53 Å². The lowest BCUT2D eigenvalue weighted by molar-refractivity contribution is -0.140. The first-order chi connectivity index (χ1) is 7.26. The Labute approximate surface area is 87.6 Å². The second kappa shape index (κ2) is 5.79. The molecule has 0 radical (unpaired) electrons. The van der Waals surface area contributed by atoms with Gasteiger partial charge in [-0.2, -0.15) is 0 Å². The molecule has 15 heavy (non-hydrogen) atoms. The molecule has 0 aliphatic carbocycles. The van der Waals surface area contributed by atoms with E-state index in [9.17, 15) is 4.79 Å². The highest BCUT2D eigenvalue weighted by molar-refractivity contribution is 5.74. The third-order valence-corrected chi connectivity index (χ3v) is 1.56. The third kappa shape index (κ3) is 3.80. The molecule has 0 saturated heterocycles. The molecule has 0 atom stereocenters. The minimum absolute atomic E-state index is 0.0557. The van der Waals surface area contributed by atoms with Gasteiger partial charge in [0.25, 0.3) is 0 Å². The van der Waals surface area contributed by atoms with Crippen LogP contribution < -0.4 is 10.1 Å².